The second-order valence-corrected chi connectivity index (χ2v) is 6.80. The Kier molecular flexibility index (Phi) is 8.49. The second-order valence-electron chi connectivity index (χ2n) is 6.40. The number of carbonyl (C=O) groups excluding carboxylic acids is 2. The van der Waals surface area contributed by atoms with Crippen molar-refractivity contribution in [3.63, 3.8) is 0 Å². The van der Waals surface area contributed by atoms with E-state index in [0.29, 0.717) is 33.7 Å². The third kappa shape index (κ3) is 6.97. The Morgan fingerprint density at radius 3 is 2.33 bits per heavy atom. The lowest BCUT2D eigenvalue weighted by Gasteiger charge is -2.13. The summed E-state index contributed by atoms with van der Waals surface area (Å²) in [5, 5.41) is 7.00. The molecule has 0 aromatic heterocycles. The number of rotatable bonds is 9. The van der Waals surface area contributed by atoms with Gasteiger partial charge >= 0.3 is 0 Å². The molecule has 2 amide bonds. The molecule has 0 atom stereocenters. The van der Waals surface area contributed by atoms with Gasteiger partial charge in [0.25, 0.3) is 5.91 Å². The lowest BCUT2D eigenvalue weighted by Crippen LogP contribution is -2.26. The number of hydrogen-bond donors (Lipinski definition) is 2. The van der Waals surface area contributed by atoms with Crippen LogP contribution < -0.4 is 25.0 Å². The molecule has 2 rings (SSSR count). The van der Waals surface area contributed by atoms with Crippen LogP contribution in [0.4, 0.5) is 5.69 Å². The van der Waals surface area contributed by atoms with Crippen molar-refractivity contribution in [3.05, 3.63) is 47.0 Å². The zero-order valence-electron chi connectivity index (χ0n) is 17.2. The lowest BCUT2D eigenvalue weighted by atomic mass is 10.2. The molecule has 0 aliphatic heterocycles. The monoisotopic (exact) mass is 433 g/mol. The molecule has 0 saturated heterocycles. The van der Waals surface area contributed by atoms with Crippen molar-refractivity contribution >= 4 is 34.8 Å². The maximum absolute atomic E-state index is 12.3. The average molecular weight is 434 g/mol. The van der Waals surface area contributed by atoms with Gasteiger partial charge in [-0.2, -0.15) is 5.10 Å². The largest absolute Gasteiger partial charge is 0.495 e. The zero-order valence-corrected chi connectivity index (χ0v) is 18.0. The molecule has 0 aliphatic carbocycles. The van der Waals surface area contributed by atoms with Crippen molar-refractivity contribution in [3.8, 4) is 17.2 Å². The number of aryl methyl sites for hydroxylation is 1. The van der Waals surface area contributed by atoms with Gasteiger partial charge in [-0.3, -0.25) is 9.59 Å². The summed E-state index contributed by atoms with van der Waals surface area (Å²) in [5.41, 5.74) is 4.28. The first-order valence-corrected chi connectivity index (χ1v) is 9.43. The number of carbonyl (C=O) groups is 2. The highest BCUT2D eigenvalue weighted by Gasteiger charge is 2.13. The molecule has 8 nitrogen and oxygen atoms in total. The van der Waals surface area contributed by atoms with Gasteiger partial charge in [0.15, 0.2) is 6.61 Å². The fraction of sp³-hybridized carbons (Fsp3) is 0.286. The van der Waals surface area contributed by atoms with Gasteiger partial charge in [0, 0.05) is 17.8 Å². The van der Waals surface area contributed by atoms with E-state index in [1.807, 2.05) is 19.1 Å². The van der Waals surface area contributed by atoms with Crippen LogP contribution in [0.2, 0.25) is 5.02 Å². The van der Waals surface area contributed by atoms with Gasteiger partial charge < -0.3 is 19.5 Å². The number of benzene rings is 2. The van der Waals surface area contributed by atoms with E-state index in [-0.39, 0.29) is 18.9 Å². The molecule has 2 N–H and O–H groups in total. The van der Waals surface area contributed by atoms with Crippen molar-refractivity contribution in [2.45, 2.75) is 20.3 Å². The molecule has 0 aliphatic rings. The number of nitrogens with one attached hydrogen (secondary N) is 2. The summed E-state index contributed by atoms with van der Waals surface area (Å²) < 4.78 is 15.8. The Morgan fingerprint density at radius 2 is 1.70 bits per heavy atom. The van der Waals surface area contributed by atoms with Crippen molar-refractivity contribution < 1.29 is 23.8 Å². The average Bonchev–Trinajstić information content (AvgIpc) is 2.72. The fourth-order valence-electron chi connectivity index (χ4n) is 2.40. The SMILES string of the molecule is COc1cc(NC(=O)C/C(C)=N/NC(=O)COc2ccc(C)cc2)c(OC)cc1Cl. The molecule has 0 spiro atoms. The second kappa shape index (κ2) is 11.1. The molecule has 0 heterocycles. The highest BCUT2D eigenvalue weighted by atomic mass is 35.5. The summed E-state index contributed by atoms with van der Waals surface area (Å²) in [5.74, 6) is 0.607. The molecule has 0 saturated carbocycles. The van der Waals surface area contributed by atoms with E-state index in [1.54, 1.807) is 31.2 Å². The van der Waals surface area contributed by atoms with Crippen LogP contribution in [0.3, 0.4) is 0 Å². The van der Waals surface area contributed by atoms with E-state index in [2.05, 4.69) is 15.8 Å². The van der Waals surface area contributed by atoms with Crippen LogP contribution in [-0.4, -0.2) is 38.4 Å². The minimum absolute atomic E-state index is 0.0345. The van der Waals surface area contributed by atoms with Crippen LogP contribution in [0.5, 0.6) is 17.2 Å². The van der Waals surface area contributed by atoms with Crippen molar-refractivity contribution in [1.29, 1.82) is 0 Å². The van der Waals surface area contributed by atoms with Gasteiger partial charge in [0.2, 0.25) is 5.91 Å². The van der Waals surface area contributed by atoms with Gasteiger partial charge in [-0.25, -0.2) is 5.43 Å². The molecule has 0 fully saturated rings. The van der Waals surface area contributed by atoms with Crippen LogP contribution in [0, 0.1) is 6.92 Å². The van der Waals surface area contributed by atoms with Crippen LogP contribution in [0.25, 0.3) is 0 Å². The van der Waals surface area contributed by atoms with Crippen molar-refractivity contribution in [2.24, 2.45) is 5.10 Å². The van der Waals surface area contributed by atoms with Gasteiger partial charge in [0.1, 0.15) is 17.2 Å². The molecular formula is C21H24ClN3O5. The van der Waals surface area contributed by atoms with Gasteiger partial charge in [0.05, 0.1) is 31.4 Å². The van der Waals surface area contributed by atoms with Crippen LogP contribution in [0.15, 0.2) is 41.5 Å². The Bertz CT molecular complexity index is 929. The van der Waals surface area contributed by atoms with Crippen LogP contribution in [0.1, 0.15) is 18.9 Å². The number of nitrogens with zero attached hydrogens (tertiary/aromatic N) is 1. The Hall–Kier alpha value is -3.26. The topological polar surface area (TPSA) is 98.2 Å². The maximum atomic E-state index is 12.3. The zero-order chi connectivity index (χ0) is 22.1. The smallest absolute Gasteiger partial charge is 0.277 e. The lowest BCUT2D eigenvalue weighted by molar-refractivity contribution is -0.123. The fourth-order valence-corrected chi connectivity index (χ4v) is 2.63. The molecule has 2 aromatic rings. The number of hydrogen-bond acceptors (Lipinski definition) is 6. The van der Waals surface area contributed by atoms with E-state index in [9.17, 15) is 9.59 Å². The first kappa shape index (κ1) is 23.0. The van der Waals surface area contributed by atoms with Crippen molar-refractivity contribution in [1.82, 2.24) is 5.43 Å². The van der Waals surface area contributed by atoms with Gasteiger partial charge in [-0.1, -0.05) is 29.3 Å². The van der Waals surface area contributed by atoms with E-state index >= 15 is 0 Å². The van der Waals surface area contributed by atoms with E-state index < -0.39 is 5.91 Å². The predicted octanol–water partition coefficient (Wildman–Crippen LogP) is 3.57. The molecule has 0 unspecified atom stereocenters. The van der Waals surface area contributed by atoms with Crippen LogP contribution in [-0.2, 0) is 9.59 Å². The number of hydrazone groups is 1. The number of amides is 2. The third-order valence-corrected chi connectivity index (χ3v) is 4.22. The molecule has 0 bridgehead atoms. The molecular weight excluding hydrogens is 410 g/mol. The number of methoxy groups -OCH3 is 2. The summed E-state index contributed by atoms with van der Waals surface area (Å²) in [6.07, 6.45) is -0.0345. The summed E-state index contributed by atoms with van der Waals surface area (Å²) in [7, 11) is 2.94. The highest BCUT2D eigenvalue weighted by Crippen LogP contribution is 2.35. The number of halogens is 1. The first-order chi connectivity index (χ1) is 14.3. The summed E-state index contributed by atoms with van der Waals surface area (Å²) in [6.45, 7) is 3.40. The minimum Gasteiger partial charge on any atom is -0.495 e. The van der Waals surface area contributed by atoms with E-state index in [0.717, 1.165) is 5.56 Å². The molecule has 9 heteroatoms. The summed E-state index contributed by atoms with van der Waals surface area (Å²) >= 11 is 6.06. The van der Waals surface area contributed by atoms with Crippen molar-refractivity contribution in [2.75, 3.05) is 26.1 Å². The Morgan fingerprint density at radius 1 is 1.03 bits per heavy atom. The standard InChI is InChI=1S/C21H24ClN3O5/c1-13-5-7-15(8-6-13)30-12-21(27)25-24-14(2)9-20(26)23-17-11-18(28-3)16(22)10-19(17)29-4/h5-8,10-11H,9,12H2,1-4H3,(H,23,26)(H,25,27)/b24-14+. The molecule has 160 valence electrons. The maximum Gasteiger partial charge on any atom is 0.277 e. The molecule has 2 aromatic carbocycles. The normalized spacial score (nSPS) is 10.9. The quantitative estimate of drug-likeness (QED) is 0.465. The van der Waals surface area contributed by atoms with E-state index in [1.165, 1.54) is 14.2 Å². The molecule has 0 radical (unpaired) electrons. The summed E-state index contributed by atoms with van der Waals surface area (Å²) in [4.78, 5) is 24.2. The molecule has 30 heavy (non-hydrogen) atoms. The Balaban J connectivity index is 1.86. The first-order valence-electron chi connectivity index (χ1n) is 9.05. The Labute approximate surface area is 180 Å². The minimum atomic E-state index is -0.431. The third-order valence-electron chi connectivity index (χ3n) is 3.93. The van der Waals surface area contributed by atoms with Crippen LogP contribution >= 0.6 is 11.6 Å². The predicted molar refractivity (Wildman–Crippen MR) is 116 cm³/mol. The highest BCUT2D eigenvalue weighted by molar-refractivity contribution is 6.32. The summed E-state index contributed by atoms with van der Waals surface area (Å²) in [6, 6.07) is 10.4. The van der Waals surface area contributed by atoms with Gasteiger partial charge in [-0.15, -0.1) is 0 Å². The number of ether oxygens (including phenoxy) is 3. The number of anilines is 1. The van der Waals surface area contributed by atoms with E-state index in [4.69, 9.17) is 25.8 Å². The van der Waals surface area contributed by atoms with Gasteiger partial charge in [-0.05, 0) is 26.0 Å².